The van der Waals surface area contributed by atoms with Crippen LogP contribution in [-0.2, 0) is 14.3 Å². The highest BCUT2D eigenvalue weighted by Gasteiger charge is 2.23. The van der Waals surface area contributed by atoms with Gasteiger partial charge in [0.2, 0.25) is 0 Å². The molecule has 0 atom stereocenters. The summed E-state index contributed by atoms with van der Waals surface area (Å²) in [5.41, 5.74) is -0.566. The fraction of sp³-hybridized carbons (Fsp3) is 0.900. The van der Waals surface area contributed by atoms with Crippen LogP contribution in [0.4, 0.5) is 4.79 Å². The van der Waals surface area contributed by atoms with Crippen LogP contribution in [0.1, 0.15) is 91.9 Å². The molecule has 1 amide bonds. The summed E-state index contributed by atoms with van der Waals surface area (Å²) in [6.07, 6.45) is 11.9. The first kappa shape index (κ1) is 23.7. The van der Waals surface area contributed by atoms with Gasteiger partial charge in [-0.3, -0.25) is 9.69 Å². The van der Waals surface area contributed by atoms with Crippen molar-refractivity contribution in [1.29, 1.82) is 0 Å². The normalized spacial score (nSPS) is 11.2. The molecule has 0 aromatic rings. The largest absolute Gasteiger partial charge is 0.468 e. The quantitative estimate of drug-likeness (QED) is 0.331. The number of unbranched alkanes of at least 4 members (excludes halogenated alkanes) is 9. The van der Waals surface area contributed by atoms with Crippen molar-refractivity contribution in [3.63, 3.8) is 0 Å². The third-order valence-corrected chi connectivity index (χ3v) is 3.98. The number of esters is 1. The molecule has 0 saturated heterocycles. The maximum absolute atomic E-state index is 12.2. The van der Waals surface area contributed by atoms with Gasteiger partial charge in [0.25, 0.3) is 0 Å². The van der Waals surface area contributed by atoms with Crippen molar-refractivity contribution < 1.29 is 19.1 Å². The highest BCUT2D eigenvalue weighted by molar-refractivity contribution is 5.78. The van der Waals surface area contributed by atoms with Crippen LogP contribution in [0.3, 0.4) is 0 Å². The monoisotopic (exact) mass is 357 g/mol. The Bertz CT molecular complexity index is 363. The fourth-order valence-corrected chi connectivity index (χ4v) is 2.57. The van der Waals surface area contributed by atoms with Gasteiger partial charge in [0.05, 0.1) is 7.11 Å². The van der Waals surface area contributed by atoms with E-state index in [1.807, 2.05) is 20.8 Å². The molecule has 0 aliphatic rings. The van der Waals surface area contributed by atoms with Crippen LogP contribution in [0.25, 0.3) is 0 Å². The molecular weight excluding hydrogens is 318 g/mol. The minimum absolute atomic E-state index is 0.0527. The van der Waals surface area contributed by atoms with Crippen LogP contribution < -0.4 is 0 Å². The van der Waals surface area contributed by atoms with Crippen molar-refractivity contribution in [3.8, 4) is 0 Å². The van der Waals surface area contributed by atoms with E-state index in [4.69, 9.17) is 4.74 Å². The zero-order chi connectivity index (χ0) is 19.1. The molecule has 0 saturated carbocycles. The molecule has 5 nitrogen and oxygen atoms in total. The van der Waals surface area contributed by atoms with E-state index < -0.39 is 17.7 Å². The van der Waals surface area contributed by atoms with Gasteiger partial charge in [-0.15, -0.1) is 0 Å². The van der Waals surface area contributed by atoms with E-state index in [1.54, 1.807) is 0 Å². The number of carbonyl (C=O) groups excluding carboxylic acids is 2. The van der Waals surface area contributed by atoms with E-state index in [9.17, 15) is 9.59 Å². The van der Waals surface area contributed by atoms with Gasteiger partial charge < -0.3 is 9.47 Å². The lowest BCUT2D eigenvalue weighted by molar-refractivity contribution is -0.141. The fourth-order valence-electron chi connectivity index (χ4n) is 2.57. The molecular formula is C20H39NO4. The Morgan fingerprint density at radius 2 is 1.32 bits per heavy atom. The van der Waals surface area contributed by atoms with Gasteiger partial charge in [-0.25, -0.2) is 4.79 Å². The minimum Gasteiger partial charge on any atom is -0.468 e. The highest BCUT2D eigenvalue weighted by Crippen LogP contribution is 2.13. The molecule has 0 aromatic heterocycles. The molecule has 0 bridgehead atoms. The van der Waals surface area contributed by atoms with Crippen molar-refractivity contribution >= 4 is 12.1 Å². The SMILES string of the molecule is CCCCCCCCCCCCN(CC(=O)OC)C(=O)OC(C)(C)C. The standard InChI is InChI=1S/C20H39NO4/c1-6-7-8-9-10-11-12-13-14-15-16-21(17-18(22)24-5)19(23)25-20(2,3)4/h6-17H2,1-5H3. The lowest BCUT2D eigenvalue weighted by Crippen LogP contribution is -2.40. The molecule has 148 valence electrons. The second-order valence-electron chi connectivity index (χ2n) is 7.66. The van der Waals surface area contributed by atoms with Crippen molar-refractivity contribution in [3.05, 3.63) is 0 Å². The Labute approximate surface area is 154 Å². The second kappa shape index (κ2) is 14.0. The number of ether oxygens (including phenoxy) is 2. The summed E-state index contributed by atoms with van der Waals surface area (Å²) in [5, 5.41) is 0. The third-order valence-electron chi connectivity index (χ3n) is 3.98. The second-order valence-corrected chi connectivity index (χ2v) is 7.66. The van der Waals surface area contributed by atoms with E-state index in [0.29, 0.717) is 6.54 Å². The molecule has 0 aromatic carbocycles. The van der Waals surface area contributed by atoms with Gasteiger partial charge in [-0.2, -0.15) is 0 Å². The molecule has 0 N–H and O–H groups in total. The summed E-state index contributed by atoms with van der Waals surface area (Å²) >= 11 is 0. The maximum Gasteiger partial charge on any atom is 0.410 e. The topological polar surface area (TPSA) is 55.8 Å². The molecule has 0 unspecified atom stereocenters. The van der Waals surface area contributed by atoms with Gasteiger partial charge in [-0.1, -0.05) is 64.7 Å². The Hall–Kier alpha value is -1.26. The van der Waals surface area contributed by atoms with Gasteiger partial charge in [-0.05, 0) is 27.2 Å². The summed E-state index contributed by atoms with van der Waals surface area (Å²) < 4.78 is 10.0. The van der Waals surface area contributed by atoms with E-state index >= 15 is 0 Å². The zero-order valence-electron chi connectivity index (χ0n) is 17.1. The predicted molar refractivity (Wildman–Crippen MR) is 102 cm³/mol. The summed E-state index contributed by atoms with van der Waals surface area (Å²) in [6, 6.07) is 0. The average Bonchev–Trinajstić information content (AvgIpc) is 2.53. The molecule has 0 aliphatic heterocycles. The molecule has 0 radical (unpaired) electrons. The average molecular weight is 358 g/mol. The number of amides is 1. The number of methoxy groups -OCH3 is 1. The summed E-state index contributed by atoms with van der Waals surface area (Å²) in [6.45, 7) is 8.18. The van der Waals surface area contributed by atoms with Gasteiger partial charge in [0, 0.05) is 6.54 Å². The number of carbonyl (C=O) groups is 2. The van der Waals surface area contributed by atoms with Crippen LogP contribution in [0.2, 0.25) is 0 Å². The van der Waals surface area contributed by atoms with E-state index in [-0.39, 0.29) is 6.54 Å². The van der Waals surface area contributed by atoms with Crippen LogP contribution in [0.15, 0.2) is 0 Å². The summed E-state index contributed by atoms with van der Waals surface area (Å²) in [4.78, 5) is 25.1. The van der Waals surface area contributed by atoms with E-state index in [1.165, 1.54) is 63.4 Å². The van der Waals surface area contributed by atoms with Gasteiger partial charge in [0.1, 0.15) is 12.1 Å². The van der Waals surface area contributed by atoms with Crippen molar-refractivity contribution in [1.82, 2.24) is 4.90 Å². The van der Waals surface area contributed by atoms with Crippen LogP contribution in [-0.4, -0.2) is 42.8 Å². The van der Waals surface area contributed by atoms with Crippen molar-refractivity contribution in [2.45, 2.75) is 97.5 Å². The van der Waals surface area contributed by atoms with Crippen LogP contribution in [0.5, 0.6) is 0 Å². The highest BCUT2D eigenvalue weighted by atomic mass is 16.6. The lowest BCUT2D eigenvalue weighted by atomic mass is 10.1. The number of rotatable bonds is 13. The minimum atomic E-state index is -0.566. The summed E-state index contributed by atoms with van der Waals surface area (Å²) in [5.74, 6) is -0.419. The number of hydrogen-bond donors (Lipinski definition) is 0. The maximum atomic E-state index is 12.2. The predicted octanol–water partition coefficient (Wildman–Crippen LogP) is 5.32. The Balaban J connectivity index is 3.98. The van der Waals surface area contributed by atoms with E-state index in [0.717, 1.165) is 12.8 Å². The zero-order valence-corrected chi connectivity index (χ0v) is 17.1. The molecule has 5 heteroatoms. The van der Waals surface area contributed by atoms with Crippen LogP contribution in [0, 0.1) is 0 Å². The Morgan fingerprint density at radius 3 is 1.76 bits per heavy atom. The lowest BCUT2D eigenvalue weighted by Gasteiger charge is -2.26. The van der Waals surface area contributed by atoms with Crippen LogP contribution >= 0.6 is 0 Å². The van der Waals surface area contributed by atoms with Gasteiger partial charge >= 0.3 is 12.1 Å². The molecule has 0 heterocycles. The Kier molecular flexibility index (Phi) is 13.3. The third kappa shape index (κ3) is 14.8. The molecule has 0 spiro atoms. The van der Waals surface area contributed by atoms with E-state index in [2.05, 4.69) is 11.7 Å². The molecule has 0 fully saturated rings. The van der Waals surface area contributed by atoms with Crippen molar-refractivity contribution in [2.24, 2.45) is 0 Å². The van der Waals surface area contributed by atoms with Crippen molar-refractivity contribution in [2.75, 3.05) is 20.2 Å². The van der Waals surface area contributed by atoms with Gasteiger partial charge in [0.15, 0.2) is 0 Å². The Morgan fingerprint density at radius 1 is 0.840 bits per heavy atom. The first-order valence-electron chi connectivity index (χ1n) is 9.85. The smallest absolute Gasteiger partial charge is 0.410 e. The first-order valence-corrected chi connectivity index (χ1v) is 9.85. The molecule has 25 heavy (non-hydrogen) atoms. The number of hydrogen-bond acceptors (Lipinski definition) is 4. The first-order chi connectivity index (χ1) is 11.8. The molecule has 0 aliphatic carbocycles. The number of nitrogens with zero attached hydrogens (tertiary/aromatic N) is 1. The molecule has 0 rings (SSSR count). The summed E-state index contributed by atoms with van der Waals surface area (Å²) in [7, 11) is 1.33.